The molecule has 0 aliphatic heterocycles. The summed E-state index contributed by atoms with van der Waals surface area (Å²) in [6, 6.07) is 0. The average Bonchev–Trinajstić information content (AvgIpc) is 2.28. The van der Waals surface area contributed by atoms with Crippen LogP contribution in [0, 0.1) is 35.7 Å². The van der Waals surface area contributed by atoms with E-state index in [0.717, 1.165) is 0 Å². The molecular formula is C10H8F5O. The van der Waals surface area contributed by atoms with Gasteiger partial charge in [0.15, 0.2) is 23.3 Å². The van der Waals surface area contributed by atoms with E-state index < -0.39 is 34.6 Å². The van der Waals surface area contributed by atoms with Crippen LogP contribution in [0.2, 0.25) is 0 Å². The first-order valence-corrected chi connectivity index (χ1v) is 4.47. The molecule has 1 aromatic rings. The van der Waals surface area contributed by atoms with Gasteiger partial charge in [0.2, 0.25) is 5.82 Å². The summed E-state index contributed by atoms with van der Waals surface area (Å²) in [6.07, 6.45) is 0.548. The zero-order valence-electron chi connectivity index (χ0n) is 8.29. The summed E-state index contributed by atoms with van der Waals surface area (Å²) < 4.78 is 68.6. The number of hydrogen-bond donors (Lipinski definition) is 0. The van der Waals surface area contributed by atoms with Gasteiger partial charge in [-0.15, -0.1) is 0 Å². The van der Waals surface area contributed by atoms with E-state index in [0.29, 0.717) is 13.0 Å². The van der Waals surface area contributed by atoms with Crippen LogP contribution in [0.3, 0.4) is 0 Å². The first-order chi connectivity index (χ1) is 7.50. The predicted molar refractivity (Wildman–Crippen MR) is 45.9 cm³/mol. The third-order valence-corrected chi connectivity index (χ3v) is 1.77. The zero-order chi connectivity index (χ0) is 12.3. The van der Waals surface area contributed by atoms with E-state index in [9.17, 15) is 22.0 Å². The quantitative estimate of drug-likeness (QED) is 0.339. The molecule has 0 saturated heterocycles. The molecular weight excluding hydrogens is 231 g/mol. The van der Waals surface area contributed by atoms with Gasteiger partial charge >= 0.3 is 0 Å². The van der Waals surface area contributed by atoms with E-state index in [1.807, 2.05) is 0 Å². The molecule has 1 aromatic carbocycles. The van der Waals surface area contributed by atoms with Crippen molar-refractivity contribution in [3.63, 3.8) is 0 Å². The van der Waals surface area contributed by atoms with Gasteiger partial charge in [-0.05, 0) is 6.42 Å². The van der Waals surface area contributed by atoms with E-state index >= 15 is 0 Å². The van der Waals surface area contributed by atoms with Crippen molar-refractivity contribution >= 4 is 0 Å². The molecule has 0 atom stereocenters. The third kappa shape index (κ3) is 2.32. The van der Waals surface area contributed by atoms with Gasteiger partial charge in [0.1, 0.15) is 6.61 Å². The van der Waals surface area contributed by atoms with Crippen LogP contribution in [0.5, 0.6) is 0 Å². The fourth-order valence-corrected chi connectivity index (χ4v) is 0.985. The highest BCUT2D eigenvalue weighted by molar-refractivity contribution is 5.28. The Morgan fingerprint density at radius 3 is 1.75 bits per heavy atom. The number of ether oxygens (including phenoxy) is 1. The minimum Gasteiger partial charge on any atom is -0.370 e. The van der Waals surface area contributed by atoms with Crippen LogP contribution >= 0.6 is 0 Å². The van der Waals surface area contributed by atoms with E-state index in [2.05, 4.69) is 4.74 Å². The van der Waals surface area contributed by atoms with Crippen molar-refractivity contribution < 1.29 is 26.7 Å². The van der Waals surface area contributed by atoms with Crippen LogP contribution in [0.4, 0.5) is 22.0 Å². The van der Waals surface area contributed by atoms with Crippen LogP contribution in [0.25, 0.3) is 0 Å². The summed E-state index contributed by atoms with van der Waals surface area (Å²) >= 11 is 0. The van der Waals surface area contributed by atoms with Gasteiger partial charge in [-0.25, -0.2) is 22.0 Å². The lowest BCUT2D eigenvalue weighted by Crippen LogP contribution is -2.07. The van der Waals surface area contributed by atoms with E-state index in [1.165, 1.54) is 0 Å². The van der Waals surface area contributed by atoms with E-state index in [1.54, 1.807) is 6.92 Å². The smallest absolute Gasteiger partial charge is 0.200 e. The maximum atomic E-state index is 13.0. The standard InChI is InChI=1S/C10H8F5O/c1-2-3-16-4-5-6(11)8(13)10(15)9(14)7(5)12/h4H,2-3H2,1H3. The lowest BCUT2D eigenvalue weighted by molar-refractivity contribution is 0.206. The number of hydrogen-bond acceptors (Lipinski definition) is 1. The van der Waals surface area contributed by atoms with Gasteiger partial charge in [-0.3, -0.25) is 0 Å². The van der Waals surface area contributed by atoms with Gasteiger partial charge in [0.25, 0.3) is 0 Å². The summed E-state index contributed by atoms with van der Waals surface area (Å²) in [5, 5.41) is 0. The number of halogens is 5. The molecule has 0 bridgehead atoms. The molecule has 0 fully saturated rings. The van der Waals surface area contributed by atoms with Gasteiger partial charge in [0.05, 0.1) is 5.56 Å². The van der Waals surface area contributed by atoms with Crippen molar-refractivity contribution in [2.45, 2.75) is 13.3 Å². The Hall–Kier alpha value is -1.17. The molecule has 0 spiro atoms. The second-order valence-corrected chi connectivity index (χ2v) is 2.97. The highest BCUT2D eigenvalue weighted by Crippen LogP contribution is 2.24. The van der Waals surface area contributed by atoms with Crippen molar-refractivity contribution in [2.24, 2.45) is 0 Å². The second kappa shape index (κ2) is 5.25. The van der Waals surface area contributed by atoms with Gasteiger partial charge in [0, 0.05) is 6.61 Å². The Labute approximate surface area is 88.8 Å². The Balaban J connectivity index is 3.08. The predicted octanol–water partition coefficient (Wildman–Crippen LogP) is 3.32. The van der Waals surface area contributed by atoms with E-state index in [4.69, 9.17) is 0 Å². The van der Waals surface area contributed by atoms with Crippen molar-refractivity contribution in [3.05, 3.63) is 41.3 Å². The lowest BCUT2D eigenvalue weighted by Gasteiger charge is -2.07. The van der Waals surface area contributed by atoms with Crippen LogP contribution in [0.15, 0.2) is 0 Å². The van der Waals surface area contributed by atoms with Crippen LogP contribution < -0.4 is 0 Å². The summed E-state index contributed by atoms with van der Waals surface area (Å²) in [5.41, 5.74) is -1.06. The normalized spacial score (nSPS) is 10.9. The summed E-state index contributed by atoms with van der Waals surface area (Å²) in [4.78, 5) is 0. The van der Waals surface area contributed by atoms with Crippen molar-refractivity contribution in [1.82, 2.24) is 0 Å². The SMILES string of the molecule is CCCO[CH]c1c(F)c(F)c(F)c(F)c1F. The zero-order valence-corrected chi connectivity index (χ0v) is 8.29. The Morgan fingerprint density at radius 2 is 1.31 bits per heavy atom. The molecule has 0 saturated carbocycles. The molecule has 6 heteroatoms. The Morgan fingerprint density at radius 1 is 0.875 bits per heavy atom. The molecule has 1 nitrogen and oxygen atoms in total. The molecule has 1 rings (SSSR count). The van der Waals surface area contributed by atoms with Gasteiger partial charge in [-0.2, -0.15) is 0 Å². The molecule has 0 aliphatic rings. The molecule has 89 valence electrons. The molecule has 16 heavy (non-hydrogen) atoms. The average molecular weight is 239 g/mol. The van der Waals surface area contributed by atoms with Crippen LogP contribution in [-0.2, 0) is 4.74 Å². The maximum absolute atomic E-state index is 13.0. The maximum Gasteiger partial charge on any atom is 0.200 e. The summed E-state index contributed by atoms with van der Waals surface area (Å²) in [5.74, 6) is -9.93. The fraction of sp³-hybridized carbons (Fsp3) is 0.300. The van der Waals surface area contributed by atoms with Crippen molar-refractivity contribution in [2.75, 3.05) is 6.61 Å². The summed E-state index contributed by atoms with van der Waals surface area (Å²) in [7, 11) is 0. The number of benzene rings is 1. The second-order valence-electron chi connectivity index (χ2n) is 2.97. The highest BCUT2D eigenvalue weighted by atomic mass is 19.2. The largest absolute Gasteiger partial charge is 0.370 e. The molecule has 0 N–H and O–H groups in total. The molecule has 1 radical (unpaired) electrons. The van der Waals surface area contributed by atoms with Crippen LogP contribution in [-0.4, -0.2) is 6.61 Å². The minimum absolute atomic E-state index is 0.124. The van der Waals surface area contributed by atoms with Crippen molar-refractivity contribution in [1.29, 1.82) is 0 Å². The molecule has 0 unspecified atom stereocenters. The molecule has 0 aromatic heterocycles. The first-order valence-electron chi connectivity index (χ1n) is 4.47. The van der Waals surface area contributed by atoms with Gasteiger partial charge in [-0.1, -0.05) is 6.92 Å². The lowest BCUT2D eigenvalue weighted by atomic mass is 10.2. The minimum atomic E-state index is -2.18. The van der Waals surface area contributed by atoms with Crippen molar-refractivity contribution in [3.8, 4) is 0 Å². The van der Waals surface area contributed by atoms with Crippen LogP contribution in [0.1, 0.15) is 18.9 Å². The summed E-state index contributed by atoms with van der Waals surface area (Å²) in [6.45, 7) is 2.38. The fourth-order valence-electron chi connectivity index (χ4n) is 0.985. The monoisotopic (exact) mass is 239 g/mol. The molecule has 0 aliphatic carbocycles. The van der Waals surface area contributed by atoms with Gasteiger partial charge < -0.3 is 4.74 Å². The topological polar surface area (TPSA) is 9.23 Å². The highest BCUT2D eigenvalue weighted by Gasteiger charge is 2.25. The third-order valence-electron chi connectivity index (χ3n) is 1.77. The molecule has 0 heterocycles. The van der Waals surface area contributed by atoms with E-state index in [-0.39, 0.29) is 6.61 Å². The molecule has 0 amide bonds. The Kier molecular flexibility index (Phi) is 4.23. The Bertz CT molecular complexity index is 362. The first kappa shape index (κ1) is 12.9. The number of rotatable bonds is 4.